The van der Waals surface area contributed by atoms with Gasteiger partial charge in [-0.15, -0.1) is 0 Å². The van der Waals surface area contributed by atoms with Gasteiger partial charge >= 0.3 is 0 Å². The Kier molecular flexibility index (Phi) is 2.97. The van der Waals surface area contributed by atoms with Crippen LogP contribution in [0.4, 0.5) is 0 Å². The van der Waals surface area contributed by atoms with Crippen molar-refractivity contribution in [1.82, 2.24) is 0 Å². The summed E-state index contributed by atoms with van der Waals surface area (Å²) in [7, 11) is -3.11. The largest absolute Gasteiger partial charge is 0.464 e. The Labute approximate surface area is 103 Å². The van der Waals surface area contributed by atoms with Crippen LogP contribution in [0.5, 0.6) is 0 Å². The predicted molar refractivity (Wildman–Crippen MR) is 64.9 cm³/mol. The molecule has 0 amide bonds. The molecule has 0 atom stereocenters. The van der Waals surface area contributed by atoms with Gasteiger partial charge < -0.3 is 4.42 Å². The zero-order chi connectivity index (χ0) is 12.6. The van der Waals surface area contributed by atoms with E-state index in [2.05, 4.69) is 0 Å². The molecule has 0 unspecified atom stereocenters. The van der Waals surface area contributed by atoms with E-state index in [0.717, 1.165) is 6.26 Å². The third kappa shape index (κ3) is 2.68. The molecule has 0 aliphatic heterocycles. The van der Waals surface area contributed by atoms with Crippen molar-refractivity contribution < 1.29 is 17.6 Å². The zero-order valence-corrected chi connectivity index (χ0v) is 10.5. The monoisotopic (exact) mass is 272 g/mol. The van der Waals surface area contributed by atoms with E-state index in [4.69, 9.17) is 16.0 Å². The number of carbonyl (C=O) groups excluding carboxylic acids is 1. The van der Waals surface area contributed by atoms with Crippen LogP contribution >= 0.6 is 11.6 Å². The van der Waals surface area contributed by atoms with Crippen LogP contribution in [0.25, 0.3) is 11.0 Å². The molecule has 1 aromatic heterocycles. The number of rotatable bonds is 3. The van der Waals surface area contributed by atoms with E-state index < -0.39 is 15.1 Å². The number of benzene rings is 1. The highest BCUT2D eigenvalue weighted by Gasteiger charge is 2.13. The molecule has 6 heteroatoms. The van der Waals surface area contributed by atoms with Gasteiger partial charge in [-0.05, 0) is 29.3 Å². The molecular formula is C11H9ClO4S. The summed E-state index contributed by atoms with van der Waals surface area (Å²) in [5.74, 6) is -0.0793. The maximum absolute atomic E-state index is 11.2. The topological polar surface area (TPSA) is 64.3 Å². The maximum atomic E-state index is 11.2. The smallest absolute Gasteiger partial charge is 0.256 e. The lowest BCUT2D eigenvalue weighted by molar-refractivity contribution is 0.108. The van der Waals surface area contributed by atoms with Crippen molar-refractivity contribution in [2.45, 2.75) is 5.75 Å². The van der Waals surface area contributed by atoms with Gasteiger partial charge in [0.2, 0.25) is 0 Å². The van der Waals surface area contributed by atoms with Gasteiger partial charge in [0.15, 0.2) is 9.84 Å². The van der Waals surface area contributed by atoms with Crippen LogP contribution in [0.2, 0.25) is 0 Å². The minimum atomic E-state index is -3.11. The first-order chi connectivity index (χ1) is 7.87. The number of carbonyl (C=O) groups is 1. The number of hydrogen-bond donors (Lipinski definition) is 0. The molecule has 1 aromatic carbocycles. The second-order valence-electron chi connectivity index (χ2n) is 3.82. The summed E-state index contributed by atoms with van der Waals surface area (Å²) in [6, 6.07) is 4.88. The number of sulfone groups is 1. The van der Waals surface area contributed by atoms with E-state index in [0.29, 0.717) is 16.5 Å². The highest BCUT2D eigenvalue weighted by atomic mass is 35.5. The summed E-state index contributed by atoms with van der Waals surface area (Å²) < 4.78 is 27.5. The minimum absolute atomic E-state index is 0.0793. The van der Waals surface area contributed by atoms with E-state index in [1.807, 2.05) is 0 Å². The summed E-state index contributed by atoms with van der Waals surface area (Å²) in [4.78, 5) is 11.1. The van der Waals surface area contributed by atoms with Crippen LogP contribution in [-0.2, 0) is 15.6 Å². The molecule has 0 aliphatic rings. The van der Waals surface area contributed by atoms with Crippen molar-refractivity contribution in [2.75, 3.05) is 6.26 Å². The van der Waals surface area contributed by atoms with Crippen LogP contribution in [0.3, 0.4) is 0 Å². The fraction of sp³-hybridized carbons (Fsp3) is 0.182. The molecule has 0 bridgehead atoms. The summed E-state index contributed by atoms with van der Waals surface area (Å²) >= 11 is 5.39. The molecule has 2 aromatic rings. The standard InChI is InChI=1S/C11H9ClO4S/c1-17(14,15)6-7-2-3-10-8(4-7)9(5-16-10)11(12)13/h2-5H,6H2,1H3. The van der Waals surface area contributed by atoms with Gasteiger partial charge in [0.05, 0.1) is 11.3 Å². The molecule has 0 spiro atoms. The predicted octanol–water partition coefficient (Wildman–Crippen LogP) is 2.36. The van der Waals surface area contributed by atoms with Crippen molar-refractivity contribution in [3.05, 3.63) is 35.6 Å². The summed E-state index contributed by atoms with van der Waals surface area (Å²) in [5, 5.41) is -0.0913. The highest BCUT2D eigenvalue weighted by Crippen LogP contribution is 2.24. The number of halogens is 1. The second kappa shape index (κ2) is 4.16. The van der Waals surface area contributed by atoms with Crippen molar-refractivity contribution in [2.24, 2.45) is 0 Å². The van der Waals surface area contributed by atoms with Crippen molar-refractivity contribution in [1.29, 1.82) is 0 Å². The average Bonchev–Trinajstić information content (AvgIpc) is 2.57. The SMILES string of the molecule is CS(=O)(=O)Cc1ccc2occ(C(=O)Cl)c2c1. The van der Waals surface area contributed by atoms with Gasteiger partial charge in [-0.3, -0.25) is 4.79 Å². The minimum Gasteiger partial charge on any atom is -0.464 e. The van der Waals surface area contributed by atoms with Crippen LogP contribution in [0.15, 0.2) is 28.9 Å². The molecule has 90 valence electrons. The highest BCUT2D eigenvalue weighted by molar-refractivity contribution is 7.89. The fourth-order valence-corrected chi connectivity index (χ4v) is 2.55. The first-order valence-electron chi connectivity index (χ1n) is 4.74. The lowest BCUT2D eigenvalue weighted by Crippen LogP contribution is -2.00. The van der Waals surface area contributed by atoms with Gasteiger partial charge in [-0.2, -0.15) is 0 Å². The number of furan rings is 1. The molecule has 0 N–H and O–H groups in total. The molecule has 0 saturated carbocycles. The molecule has 0 radical (unpaired) electrons. The average molecular weight is 273 g/mol. The second-order valence-corrected chi connectivity index (χ2v) is 6.31. The quantitative estimate of drug-likeness (QED) is 0.805. The third-order valence-corrected chi connectivity index (χ3v) is 3.34. The van der Waals surface area contributed by atoms with Gasteiger partial charge in [0, 0.05) is 11.6 Å². The summed E-state index contributed by atoms with van der Waals surface area (Å²) in [6.07, 6.45) is 2.42. The molecule has 4 nitrogen and oxygen atoms in total. The van der Waals surface area contributed by atoms with Crippen molar-refractivity contribution in [3.8, 4) is 0 Å². The molecule has 2 rings (SSSR count). The normalized spacial score (nSPS) is 11.9. The van der Waals surface area contributed by atoms with Gasteiger partial charge in [-0.1, -0.05) is 6.07 Å². The Morgan fingerprint density at radius 3 is 2.71 bits per heavy atom. The molecular weight excluding hydrogens is 264 g/mol. The lowest BCUT2D eigenvalue weighted by atomic mass is 10.1. The molecule has 0 saturated heterocycles. The van der Waals surface area contributed by atoms with Crippen LogP contribution in [0.1, 0.15) is 15.9 Å². The molecule has 0 aliphatic carbocycles. The van der Waals surface area contributed by atoms with Crippen LogP contribution in [-0.4, -0.2) is 19.9 Å². The van der Waals surface area contributed by atoms with E-state index in [9.17, 15) is 13.2 Å². The van der Waals surface area contributed by atoms with Crippen LogP contribution in [0, 0.1) is 0 Å². The van der Waals surface area contributed by atoms with E-state index in [1.165, 1.54) is 6.26 Å². The van der Waals surface area contributed by atoms with E-state index >= 15 is 0 Å². The first-order valence-corrected chi connectivity index (χ1v) is 7.18. The number of hydrogen-bond acceptors (Lipinski definition) is 4. The van der Waals surface area contributed by atoms with E-state index in [-0.39, 0.29) is 11.3 Å². The summed E-state index contributed by atoms with van der Waals surface area (Å²) in [5.41, 5.74) is 1.35. The summed E-state index contributed by atoms with van der Waals surface area (Å²) in [6.45, 7) is 0. The molecule has 17 heavy (non-hydrogen) atoms. The van der Waals surface area contributed by atoms with Crippen molar-refractivity contribution in [3.63, 3.8) is 0 Å². The number of fused-ring (bicyclic) bond motifs is 1. The first kappa shape index (κ1) is 12.1. The van der Waals surface area contributed by atoms with Crippen LogP contribution < -0.4 is 0 Å². The van der Waals surface area contributed by atoms with Crippen molar-refractivity contribution >= 4 is 37.6 Å². The Balaban J connectivity index is 2.55. The zero-order valence-electron chi connectivity index (χ0n) is 8.94. The molecule has 1 heterocycles. The molecule has 0 fully saturated rings. The van der Waals surface area contributed by atoms with Gasteiger partial charge in [0.1, 0.15) is 11.8 Å². The Hall–Kier alpha value is -1.33. The van der Waals surface area contributed by atoms with Gasteiger partial charge in [-0.25, -0.2) is 8.42 Å². The fourth-order valence-electron chi connectivity index (χ4n) is 1.62. The Morgan fingerprint density at radius 1 is 1.41 bits per heavy atom. The maximum Gasteiger partial charge on any atom is 0.256 e. The Bertz CT molecular complexity index is 685. The Morgan fingerprint density at radius 2 is 2.12 bits per heavy atom. The third-order valence-electron chi connectivity index (χ3n) is 2.28. The van der Waals surface area contributed by atoms with E-state index in [1.54, 1.807) is 18.2 Å². The van der Waals surface area contributed by atoms with Gasteiger partial charge in [0.25, 0.3) is 5.24 Å². The lowest BCUT2D eigenvalue weighted by Gasteiger charge is -1.99.